The maximum absolute atomic E-state index is 8.67. The molecule has 2 N–H and O–H groups in total. The van der Waals surface area contributed by atoms with Gasteiger partial charge in [0.2, 0.25) is 0 Å². The normalized spacial score (nSPS) is 13.7. The van der Waals surface area contributed by atoms with Gasteiger partial charge in [-0.25, -0.2) is 0 Å². The third-order valence-electron chi connectivity index (χ3n) is 1.65. The second kappa shape index (κ2) is 7.07. The van der Waals surface area contributed by atoms with Gasteiger partial charge in [-0.15, -0.1) is 0 Å². The first kappa shape index (κ1) is 11.4. The van der Waals surface area contributed by atoms with Crippen LogP contribution in [0.4, 0.5) is 0 Å². The van der Waals surface area contributed by atoms with Crippen LogP contribution >= 0.6 is 0 Å². The molecule has 0 bridgehead atoms. The summed E-state index contributed by atoms with van der Waals surface area (Å²) in [6.45, 7) is 4.09. The minimum absolute atomic E-state index is 0.142. The van der Waals surface area contributed by atoms with Gasteiger partial charge in [-0.2, -0.15) is 0 Å². The van der Waals surface area contributed by atoms with Crippen molar-refractivity contribution in [3.8, 4) is 0 Å². The van der Waals surface area contributed by atoms with Crippen molar-refractivity contribution in [3.63, 3.8) is 0 Å². The molecule has 0 atom stereocenters. The van der Waals surface area contributed by atoms with Crippen LogP contribution in [0, 0.1) is 0 Å². The molecular formula is C10H18O2. The molecule has 0 saturated carbocycles. The molecule has 12 heavy (non-hydrogen) atoms. The molecule has 70 valence electrons. The molecule has 0 unspecified atom stereocenters. The number of rotatable bonds is 5. The van der Waals surface area contributed by atoms with Crippen LogP contribution in [0.1, 0.15) is 26.7 Å². The summed E-state index contributed by atoms with van der Waals surface area (Å²) in [4.78, 5) is 0. The molecule has 0 aromatic heterocycles. The van der Waals surface area contributed by atoms with Gasteiger partial charge in [-0.3, -0.25) is 0 Å². The summed E-state index contributed by atoms with van der Waals surface area (Å²) < 4.78 is 0. The largest absolute Gasteiger partial charge is 0.392 e. The summed E-state index contributed by atoms with van der Waals surface area (Å²) in [6.07, 6.45) is 5.90. The van der Waals surface area contributed by atoms with E-state index in [-0.39, 0.29) is 13.2 Å². The van der Waals surface area contributed by atoms with Gasteiger partial charge in [-0.05, 0) is 26.7 Å². The van der Waals surface area contributed by atoms with Crippen molar-refractivity contribution in [2.75, 3.05) is 13.2 Å². The average molecular weight is 170 g/mol. The van der Waals surface area contributed by atoms with E-state index in [1.165, 1.54) is 0 Å². The van der Waals surface area contributed by atoms with Crippen molar-refractivity contribution in [1.82, 2.24) is 0 Å². The Hall–Kier alpha value is -0.600. The summed E-state index contributed by atoms with van der Waals surface area (Å²) in [5, 5.41) is 17.3. The van der Waals surface area contributed by atoms with Crippen molar-refractivity contribution in [1.29, 1.82) is 0 Å². The predicted octanol–water partition coefficient (Wildman–Crippen LogP) is 1.64. The molecule has 0 fully saturated rings. The van der Waals surface area contributed by atoms with Gasteiger partial charge in [0.15, 0.2) is 0 Å². The molecular weight excluding hydrogens is 152 g/mol. The molecule has 2 nitrogen and oxygen atoms in total. The van der Waals surface area contributed by atoms with Crippen molar-refractivity contribution in [2.24, 2.45) is 0 Å². The van der Waals surface area contributed by atoms with Gasteiger partial charge in [-0.1, -0.05) is 23.3 Å². The molecule has 0 aromatic carbocycles. The van der Waals surface area contributed by atoms with Gasteiger partial charge in [0.05, 0.1) is 13.2 Å². The van der Waals surface area contributed by atoms with E-state index in [0.717, 1.165) is 24.0 Å². The smallest absolute Gasteiger partial charge is 0.0639 e. The topological polar surface area (TPSA) is 40.5 Å². The molecule has 0 radical (unpaired) electrons. The summed E-state index contributed by atoms with van der Waals surface area (Å²) in [5.74, 6) is 0. The highest BCUT2D eigenvalue weighted by atomic mass is 16.3. The Morgan fingerprint density at radius 1 is 0.917 bits per heavy atom. The number of aliphatic hydroxyl groups excluding tert-OH is 2. The van der Waals surface area contributed by atoms with E-state index in [4.69, 9.17) is 10.2 Å². The third kappa shape index (κ3) is 6.13. The van der Waals surface area contributed by atoms with Crippen LogP contribution in [0.2, 0.25) is 0 Å². The van der Waals surface area contributed by atoms with E-state index in [1.54, 1.807) is 0 Å². The maximum Gasteiger partial charge on any atom is 0.0639 e. The minimum atomic E-state index is 0.142. The van der Waals surface area contributed by atoms with Gasteiger partial charge >= 0.3 is 0 Å². The molecule has 0 aliphatic carbocycles. The molecule has 0 aliphatic rings. The first-order valence-electron chi connectivity index (χ1n) is 4.23. The summed E-state index contributed by atoms with van der Waals surface area (Å²) >= 11 is 0. The van der Waals surface area contributed by atoms with E-state index in [0.29, 0.717) is 0 Å². The second-order valence-electron chi connectivity index (χ2n) is 2.99. The van der Waals surface area contributed by atoms with E-state index < -0.39 is 0 Å². The van der Waals surface area contributed by atoms with Crippen molar-refractivity contribution in [2.45, 2.75) is 26.7 Å². The van der Waals surface area contributed by atoms with E-state index in [2.05, 4.69) is 0 Å². The second-order valence-corrected chi connectivity index (χ2v) is 2.99. The quantitative estimate of drug-likeness (QED) is 0.486. The third-order valence-corrected chi connectivity index (χ3v) is 1.65. The lowest BCUT2D eigenvalue weighted by Crippen LogP contribution is -1.85. The van der Waals surface area contributed by atoms with Gasteiger partial charge in [0.25, 0.3) is 0 Å². The predicted molar refractivity (Wildman–Crippen MR) is 50.9 cm³/mol. The van der Waals surface area contributed by atoms with Gasteiger partial charge in [0.1, 0.15) is 0 Å². The number of hydrogen-bond donors (Lipinski definition) is 2. The first-order valence-corrected chi connectivity index (χ1v) is 4.23. The molecule has 0 heterocycles. The fourth-order valence-electron chi connectivity index (χ4n) is 0.789. The Balaban J connectivity index is 3.57. The molecule has 0 amide bonds. The molecule has 0 rings (SSSR count). The van der Waals surface area contributed by atoms with Gasteiger partial charge in [0, 0.05) is 0 Å². The summed E-state index contributed by atoms with van der Waals surface area (Å²) in [5.41, 5.74) is 2.01. The molecule has 0 saturated heterocycles. The highest BCUT2D eigenvalue weighted by molar-refractivity contribution is 5.02. The summed E-state index contributed by atoms with van der Waals surface area (Å²) in [7, 11) is 0. The average Bonchev–Trinajstić information content (AvgIpc) is 2.11. The van der Waals surface area contributed by atoms with Gasteiger partial charge < -0.3 is 10.2 Å². The fourth-order valence-corrected chi connectivity index (χ4v) is 0.789. The maximum atomic E-state index is 8.67. The molecule has 2 heteroatoms. The number of hydrogen-bond acceptors (Lipinski definition) is 2. The lowest BCUT2D eigenvalue weighted by Gasteiger charge is -1.95. The minimum Gasteiger partial charge on any atom is -0.392 e. The van der Waals surface area contributed by atoms with Crippen molar-refractivity contribution >= 4 is 0 Å². The Morgan fingerprint density at radius 3 is 1.50 bits per heavy atom. The highest BCUT2D eigenvalue weighted by Crippen LogP contribution is 2.01. The zero-order valence-corrected chi connectivity index (χ0v) is 7.88. The number of unbranched alkanes of at least 4 members (excludes halogenated alkanes) is 1. The van der Waals surface area contributed by atoms with E-state index in [9.17, 15) is 0 Å². The van der Waals surface area contributed by atoms with E-state index >= 15 is 0 Å². The van der Waals surface area contributed by atoms with Crippen LogP contribution in [-0.2, 0) is 0 Å². The Morgan fingerprint density at radius 2 is 1.25 bits per heavy atom. The lowest BCUT2D eigenvalue weighted by atomic mass is 10.2. The molecule has 0 aromatic rings. The Kier molecular flexibility index (Phi) is 6.72. The zero-order chi connectivity index (χ0) is 9.40. The van der Waals surface area contributed by atoms with Crippen LogP contribution in [-0.4, -0.2) is 23.4 Å². The zero-order valence-electron chi connectivity index (χ0n) is 7.88. The van der Waals surface area contributed by atoms with Crippen molar-refractivity contribution in [3.05, 3.63) is 23.3 Å². The van der Waals surface area contributed by atoms with Crippen LogP contribution in [0.15, 0.2) is 23.3 Å². The van der Waals surface area contributed by atoms with Crippen LogP contribution < -0.4 is 0 Å². The first-order chi connectivity index (χ1) is 5.70. The Bertz CT molecular complexity index is 149. The summed E-state index contributed by atoms with van der Waals surface area (Å²) in [6, 6.07) is 0. The highest BCUT2D eigenvalue weighted by Gasteiger charge is 1.86. The van der Waals surface area contributed by atoms with E-state index in [1.807, 2.05) is 26.0 Å². The monoisotopic (exact) mass is 170 g/mol. The number of allylic oxidation sites excluding steroid dienone is 2. The SMILES string of the molecule is C/C(=C/CC/C=C(/C)CO)CO. The number of aliphatic hydroxyl groups is 2. The van der Waals surface area contributed by atoms with Crippen LogP contribution in [0.25, 0.3) is 0 Å². The fraction of sp³-hybridized carbons (Fsp3) is 0.600. The standard InChI is InChI=1S/C10H18O2/c1-9(7-11)5-3-4-6-10(2)8-12/h5-6,11-12H,3-4,7-8H2,1-2H3/b9-5-,10-6-. The van der Waals surface area contributed by atoms with Crippen LogP contribution in [0.3, 0.4) is 0 Å². The molecule has 0 aliphatic heterocycles. The lowest BCUT2D eigenvalue weighted by molar-refractivity contribution is 0.330. The van der Waals surface area contributed by atoms with Crippen molar-refractivity contribution < 1.29 is 10.2 Å². The Labute approximate surface area is 74.2 Å². The van der Waals surface area contributed by atoms with Crippen LogP contribution in [0.5, 0.6) is 0 Å². The molecule has 0 spiro atoms.